The average Bonchev–Trinajstić information content (AvgIpc) is 3.29. The van der Waals surface area contributed by atoms with Gasteiger partial charge in [-0.05, 0) is 17.7 Å². The van der Waals surface area contributed by atoms with Crippen LogP contribution in [0.5, 0.6) is 0 Å². The third-order valence-electron chi connectivity index (χ3n) is 4.30. The molecular formula is C21H14N2O4S2. The first-order valence-corrected chi connectivity index (χ1v) is 9.88. The quantitative estimate of drug-likeness (QED) is 0.242. The average molecular weight is 422 g/mol. The van der Waals surface area contributed by atoms with Crippen molar-refractivity contribution >= 4 is 46.0 Å². The van der Waals surface area contributed by atoms with Gasteiger partial charge in [-0.3, -0.25) is 19.8 Å². The van der Waals surface area contributed by atoms with Crippen molar-refractivity contribution in [2.75, 3.05) is 0 Å². The van der Waals surface area contributed by atoms with Gasteiger partial charge in [-0.25, -0.2) is 0 Å². The Morgan fingerprint density at radius 1 is 1.10 bits per heavy atom. The van der Waals surface area contributed by atoms with E-state index in [0.29, 0.717) is 32.9 Å². The number of carbonyl (C=O) groups is 1. The molecule has 144 valence electrons. The lowest BCUT2D eigenvalue weighted by molar-refractivity contribution is -0.384. The topological polar surface area (TPSA) is 76.6 Å². The van der Waals surface area contributed by atoms with E-state index in [-0.39, 0.29) is 11.6 Å². The molecule has 1 aromatic heterocycles. The Kier molecular flexibility index (Phi) is 5.28. The minimum absolute atomic E-state index is 0.0118. The van der Waals surface area contributed by atoms with Crippen LogP contribution in [0.3, 0.4) is 0 Å². The highest BCUT2D eigenvalue weighted by molar-refractivity contribution is 8.26. The van der Waals surface area contributed by atoms with Gasteiger partial charge in [-0.2, -0.15) is 0 Å². The SMILES string of the molecule is O=C1/C(=C/c2ccc(-c3cccc([N+](=O)[O-])c3)o2)SC(=S)N1Cc1ccccc1. The number of non-ortho nitro benzene ring substituents is 1. The molecule has 0 N–H and O–H groups in total. The molecule has 2 heterocycles. The van der Waals surface area contributed by atoms with Crippen molar-refractivity contribution in [1.82, 2.24) is 4.90 Å². The molecule has 0 spiro atoms. The van der Waals surface area contributed by atoms with Gasteiger partial charge in [0.05, 0.1) is 16.4 Å². The number of rotatable bonds is 5. The molecule has 2 aromatic carbocycles. The fraction of sp³-hybridized carbons (Fsp3) is 0.0476. The predicted octanol–water partition coefficient (Wildman–Crippen LogP) is 5.26. The molecule has 0 radical (unpaired) electrons. The normalized spacial score (nSPS) is 15.3. The molecule has 0 atom stereocenters. The molecular weight excluding hydrogens is 408 g/mol. The molecule has 1 amide bonds. The van der Waals surface area contributed by atoms with Crippen LogP contribution in [-0.2, 0) is 11.3 Å². The minimum atomic E-state index is -0.453. The molecule has 4 rings (SSSR count). The monoisotopic (exact) mass is 422 g/mol. The zero-order valence-corrected chi connectivity index (χ0v) is 16.6. The molecule has 3 aromatic rings. The lowest BCUT2D eigenvalue weighted by atomic mass is 10.1. The van der Waals surface area contributed by atoms with Crippen molar-refractivity contribution in [3.05, 3.63) is 93.1 Å². The van der Waals surface area contributed by atoms with E-state index < -0.39 is 4.92 Å². The van der Waals surface area contributed by atoms with Crippen molar-refractivity contribution in [3.8, 4) is 11.3 Å². The lowest BCUT2D eigenvalue weighted by Crippen LogP contribution is -2.27. The molecule has 6 nitrogen and oxygen atoms in total. The molecule has 1 fully saturated rings. The molecule has 0 unspecified atom stereocenters. The summed E-state index contributed by atoms with van der Waals surface area (Å²) in [4.78, 5) is 25.3. The number of hydrogen-bond donors (Lipinski definition) is 0. The Balaban J connectivity index is 1.55. The lowest BCUT2D eigenvalue weighted by Gasteiger charge is -2.14. The summed E-state index contributed by atoms with van der Waals surface area (Å²) in [7, 11) is 0. The van der Waals surface area contributed by atoms with Crippen LogP contribution in [0.1, 0.15) is 11.3 Å². The number of hydrogen-bond acceptors (Lipinski definition) is 6. The smallest absolute Gasteiger partial charge is 0.270 e. The number of nitrogens with zero attached hydrogens (tertiary/aromatic N) is 2. The first-order valence-electron chi connectivity index (χ1n) is 8.65. The van der Waals surface area contributed by atoms with Crippen molar-refractivity contribution in [3.63, 3.8) is 0 Å². The van der Waals surface area contributed by atoms with Crippen molar-refractivity contribution in [1.29, 1.82) is 0 Å². The Morgan fingerprint density at radius 2 is 1.90 bits per heavy atom. The largest absolute Gasteiger partial charge is 0.457 e. The molecule has 29 heavy (non-hydrogen) atoms. The zero-order valence-electron chi connectivity index (χ0n) is 15.0. The standard InChI is InChI=1S/C21H14N2O4S2/c24-20-19(29-21(28)22(20)13-14-5-2-1-3-6-14)12-17-9-10-18(27-17)15-7-4-8-16(11-15)23(25)26/h1-12H,13H2/b19-12-. The molecule has 1 aliphatic heterocycles. The zero-order chi connectivity index (χ0) is 20.4. The summed E-state index contributed by atoms with van der Waals surface area (Å²) in [6.07, 6.45) is 1.64. The summed E-state index contributed by atoms with van der Waals surface area (Å²) in [6, 6.07) is 19.3. The number of thioether (sulfide) groups is 1. The number of nitro benzene ring substituents is 1. The van der Waals surface area contributed by atoms with Crippen LogP contribution in [0.25, 0.3) is 17.4 Å². The van der Waals surface area contributed by atoms with E-state index in [4.69, 9.17) is 16.6 Å². The van der Waals surface area contributed by atoms with E-state index in [1.54, 1.807) is 35.2 Å². The Hall–Kier alpha value is -3.23. The summed E-state index contributed by atoms with van der Waals surface area (Å²) >= 11 is 6.59. The number of benzene rings is 2. The van der Waals surface area contributed by atoms with E-state index in [9.17, 15) is 14.9 Å². The third kappa shape index (κ3) is 4.13. The van der Waals surface area contributed by atoms with E-state index in [2.05, 4.69) is 0 Å². The summed E-state index contributed by atoms with van der Waals surface area (Å²) in [6.45, 7) is 0.417. The number of carbonyl (C=O) groups excluding carboxylic acids is 1. The molecule has 0 saturated carbocycles. The summed E-state index contributed by atoms with van der Waals surface area (Å²) in [5.74, 6) is 0.795. The second-order valence-corrected chi connectivity index (χ2v) is 7.94. The van der Waals surface area contributed by atoms with E-state index >= 15 is 0 Å². The predicted molar refractivity (Wildman–Crippen MR) is 116 cm³/mol. The van der Waals surface area contributed by atoms with Crippen LogP contribution in [-0.4, -0.2) is 20.1 Å². The maximum absolute atomic E-state index is 12.8. The summed E-state index contributed by atoms with van der Waals surface area (Å²) in [5, 5.41) is 11.0. The van der Waals surface area contributed by atoms with Gasteiger partial charge < -0.3 is 4.42 Å². The molecule has 8 heteroatoms. The van der Waals surface area contributed by atoms with Crippen molar-refractivity contribution < 1.29 is 14.1 Å². The number of furan rings is 1. The first kappa shape index (κ1) is 19.1. The second kappa shape index (κ2) is 8.02. The second-order valence-electron chi connectivity index (χ2n) is 6.26. The molecule has 1 saturated heterocycles. The highest BCUT2D eigenvalue weighted by Gasteiger charge is 2.32. The number of thiocarbonyl (C=S) groups is 1. The van der Waals surface area contributed by atoms with Gasteiger partial charge in [0.2, 0.25) is 0 Å². The number of amides is 1. The van der Waals surface area contributed by atoms with Crippen LogP contribution in [0, 0.1) is 10.1 Å². The molecule has 0 bridgehead atoms. The summed E-state index contributed by atoms with van der Waals surface area (Å²) in [5.41, 5.74) is 1.58. The Morgan fingerprint density at radius 3 is 2.66 bits per heavy atom. The summed E-state index contributed by atoms with van der Waals surface area (Å²) < 4.78 is 6.27. The maximum Gasteiger partial charge on any atom is 0.270 e. The first-order chi connectivity index (χ1) is 14.0. The Labute approximate surface area is 176 Å². The van der Waals surface area contributed by atoms with E-state index in [0.717, 1.165) is 5.56 Å². The maximum atomic E-state index is 12.8. The van der Waals surface area contributed by atoms with Gasteiger partial charge in [0.25, 0.3) is 11.6 Å². The van der Waals surface area contributed by atoms with Crippen LogP contribution in [0.15, 0.2) is 76.1 Å². The van der Waals surface area contributed by atoms with Crippen molar-refractivity contribution in [2.45, 2.75) is 6.54 Å². The van der Waals surface area contributed by atoms with E-state index in [1.165, 1.54) is 23.9 Å². The molecule has 0 aliphatic carbocycles. The van der Waals surface area contributed by atoms with Crippen LogP contribution in [0.2, 0.25) is 0 Å². The van der Waals surface area contributed by atoms with Gasteiger partial charge in [0, 0.05) is 23.8 Å². The van der Waals surface area contributed by atoms with E-state index in [1.807, 2.05) is 30.3 Å². The van der Waals surface area contributed by atoms with Crippen LogP contribution >= 0.6 is 24.0 Å². The Bertz CT molecular complexity index is 1140. The van der Waals surface area contributed by atoms with Crippen LogP contribution in [0.4, 0.5) is 5.69 Å². The van der Waals surface area contributed by atoms with Gasteiger partial charge in [-0.15, -0.1) is 0 Å². The third-order valence-corrected chi connectivity index (χ3v) is 5.68. The van der Waals surface area contributed by atoms with Gasteiger partial charge in [-0.1, -0.05) is 66.4 Å². The highest BCUT2D eigenvalue weighted by Crippen LogP contribution is 2.34. The highest BCUT2D eigenvalue weighted by atomic mass is 32.2. The van der Waals surface area contributed by atoms with Gasteiger partial charge >= 0.3 is 0 Å². The number of nitro groups is 1. The molecule has 1 aliphatic rings. The van der Waals surface area contributed by atoms with Crippen LogP contribution < -0.4 is 0 Å². The fourth-order valence-electron chi connectivity index (χ4n) is 2.89. The van der Waals surface area contributed by atoms with Gasteiger partial charge in [0.1, 0.15) is 15.8 Å². The fourth-order valence-corrected chi connectivity index (χ4v) is 4.12. The van der Waals surface area contributed by atoms with Gasteiger partial charge in [0.15, 0.2) is 0 Å². The minimum Gasteiger partial charge on any atom is -0.457 e. The van der Waals surface area contributed by atoms with Crippen molar-refractivity contribution in [2.24, 2.45) is 0 Å².